The highest BCUT2D eigenvalue weighted by Crippen LogP contribution is 2.17. The van der Waals surface area contributed by atoms with E-state index in [1.165, 1.54) is 167 Å². The molecule has 0 saturated heterocycles. The van der Waals surface area contributed by atoms with Gasteiger partial charge in [0.2, 0.25) is 5.91 Å². The lowest BCUT2D eigenvalue weighted by molar-refractivity contribution is -0.125. The molecule has 5 nitrogen and oxygen atoms in total. The van der Waals surface area contributed by atoms with Crippen LogP contribution in [-0.4, -0.2) is 46.1 Å². The number of aliphatic hydroxyl groups excluding tert-OH is 3. The van der Waals surface area contributed by atoms with E-state index >= 15 is 0 Å². The van der Waals surface area contributed by atoms with Crippen molar-refractivity contribution in [3.05, 3.63) is 12.2 Å². The van der Waals surface area contributed by atoms with Crippen LogP contribution in [0, 0.1) is 0 Å². The van der Waals surface area contributed by atoms with Crippen LogP contribution in [0.4, 0.5) is 0 Å². The molecule has 3 atom stereocenters. The van der Waals surface area contributed by atoms with Crippen molar-refractivity contribution < 1.29 is 20.1 Å². The molecule has 3 unspecified atom stereocenters. The first-order chi connectivity index (χ1) is 24.0. The van der Waals surface area contributed by atoms with Gasteiger partial charge in [-0.3, -0.25) is 4.79 Å². The standard InChI is InChI=1S/C44H87NO4/c1-3-5-7-9-11-13-15-16-17-18-19-20-21-22-23-24-25-26-27-28-30-32-34-36-38-43(48)42(40-46)45-44(49)39-41(47)37-35-33-31-29-14-12-10-8-6-4-2/h12,14,41-43,46-48H,3-11,13,15-40H2,1-2H3,(H,45,49)/b14-12-. The third-order valence-electron chi connectivity index (χ3n) is 10.3. The van der Waals surface area contributed by atoms with Crippen LogP contribution in [0.2, 0.25) is 0 Å². The number of nitrogens with one attached hydrogen (secondary N) is 1. The van der Waals surface area contributed by atoms with Crippen molar-refractivity contribution in [2.45, 2.75) is 257 Å². The van der Waals surface area contributed by atoms with Crippen LogP contribution in [0.3, 0.4) is 0 Å². The molecule has 0 bridgehead atoms. The van der Waals surface area contributed by atoms with Crippen LogP contribution in [0.15, 0.2) is 12.2 Å². The van der Waals surface area contributed by atoms with Crippen LogP contribution in [0.25, 0.3) is 0 Å². The van der Waals surface area contributed by atoms with Gasteiger partial charge >= 0.3 is 0 Å². The first-order valence-corrected chi connectivity index (χ1v) is 22.0. The number of unbranched alkanes of at least 4 members (excludes halogenated alkanes) is 29. The van der Waals surface area contributed by atoms with E-state index < -0.39 is 18.2 Å². The van der Waals surface area contributed by atoms with Crippen molar-refractivity contribution in [2.24, 2.45) is 0 Å². The number of rotatable bonds is 40. The molecule has 49 heavy (non-hydrogen) atoms. The Balaban J connectivity index is 3.53. The Bertz CT molecular complexity index is 684. The maximum Gasteiger partial charge on any atom is 0.222 e. The van der Waals surface area contributed by atoms with Crippen molar-refractivity contribution in [3.8, 4) is 0 Å². The van der Waals surface area contributed by atoms with Gasteiger partial charge in [-0.1, -0.05) is 206 Å². The van der Waals surface area contributed by atoms with Crippen molar-refractivity contribution in [2.75, 3.05) is 6.61 Å². The summed E-state index contributed by atoms with van der Waals surface area (Å²) in [6, 6.07) is -0.659. The molecule has 0 spiro atoms. The van der Waals surface area contributed by atoms with Gasteiger partial charge in [0.25, 0.3) is 0 Å². The minimum absolute atomic E-state index is 0.0278. The molecule has 0 fully saturated rings. The summed E-state index contributed by atoms with van der Waals surface area (Å²) in [6.45, 7) is 4.23. The lowest BCUT2D eigenvalue weighted by Crippen LogP contribution is -2.46. The second-order valence-corrected chi connectivity index (χ2v) is 15.3. The molecule has 292 valence electrons. The van der Waals surface area contributed by atoms with Crippen LogP contribution in [-0.2, 0) is 4.79 Å². The lowest BCUT2D eigenvalue weighted by atomic mass is 10.0. The summed E-state index contributed by atoms with van der Waals surface area (Å²) in [7, 11) is 0. The maximum absolute atomic E-state index is 12.4. The zero-order chi connectivity index (χ0) is 35.9. The topological polar surface area (TPSA) is 89.8 Å². The highest BCUT2D eigenvalue weighted by Gasteiger charge is 2.21. The molecule has 0 aliphatic heterocycles. The Morgan fingerprint density at radius 3 is 1.22 bits per heavy atom. The summed E-state index contributed by atoms with van der Waals surface area (Å²) in [4.78, 5) is 12.4. The average Bonchev–Trinajstić information content (AvgIpc) is 3.09. The van der Waals surface area contributed by atoms with Crippen molar-refractivity contribution >= 4 is 5.91 Å². The van der Waals surface area contributed by atoms with Gasteiger partial charge in [0.15, 0.2) is 0 Å². The third-order valence-corrected chi connectivity index (χ3v) is 10.3. The number of allylic oxidation sites excluding steroid dienone is 2. The van der Waals surface area contributed by atoms with E-state index in [4.69, 9.17) is 0 Å². The van der Waals surface area contributed by atoms with Gasteiger partial charge in [-0.25, -0.2) is 0 Å². The second kappa shape index (κ2) is 39.9. The van der Waals surface area contributed by atoms with Gasteiger partial charge < -0.3 is 20.6 Å². The van der Waals surface area contributed by atoms with E-state index in [1.54, 1.807) is 0 Å². The summed E-state index contributed by atoms with van der Waals surface area (Å²) in [6.07, 6.45) is 46.2. The van der Waals surface area contributed by atoms with E-state index in [9.17, 15) is 20.1 Å². The molecule has 0 aliphatic carbocycles. The average molecular weight is 694 g/mol. The van der Waals surface area contributed by atoms with Crippen LogP contribution < -0.4 is 5.32 Å². The van der Waals surface area contributed by atoms with Gasteiger partial charge in [0.1, 0.15) is 0 Å². The van der Waals surface area contributed by atoms with E-state index in [0.717, 1.165) is 38.5 Å². The van der Waals surface area contributed by atoms with Gasteiger partial charge in [0, 0.05) is 0 Å². The summed E-state index contributed by atoms with van der Waals surface area (Å²) in [5.74, 6) is -0.291. The number of hydrogen-bond acceptors (Lipinski definition) is 4. The predicted octanol–water partition coefficient (Wildman–Crippen LogP) is 12.4. The SMILES string of the molecule is CCCCC/C=C\CCCCCC(O)CC(=O)NC(CO)C(O)CCCCCCCCCCCCCCCCCCCCCCCCCC. The van der Waals surface area contributed by atoms with E-state index in [1.807, 2.05) is 0 Å². The summed E-state index contributed by atoms with van der Waals surface area (Å²) >= 11 is 0. The van der Waals surface area contributed by atoms with Gasteiger partial charge in [-0.05, 0) is 38.5 Å². The Morgan fingerprint density at radius 2 is 0.816 bits per heavy atom. The minimum Gasteiger partial charge on any atom is -0.394 e. The van der Waals surface area contributed by atoms with E-state index in [-0.39, 0.29) is 18.9 Å². The summed E-state index contributed by atoms with van der Waals surface area (Å²) in [5, 5.41) is 33.3. The molecular weight excluding hydrogens is 606 g/mol. The monoisotopic (exact) mass is 694 g/mol. The van der Waals surface area contributed by atoms with Crippen molar-refractivity contribution in [3.63, 3.8) is 0 Å². The molecule has 0 rings (SSSR count). The van der Waals surface area contributed by atoms with Crippen LogP contribution >= 0.6 is 0 Å². The Kier molecular flexibility index (Phi) is 39.1. The largest absolute Gasteiger partial charge is 0.394 e. The predicted molar refractivity (Wildman–Crippen MR) is 213 cm³/mol. The molecule has 0 aromatic rings. The van der Waals surface area contributed by atoms with Gasteiger partial charge in [-0.2, -0.15) is 0 Å². The highest BCUT2D eigenvalue weighted by molar-refractivity contribution is 5.76. The molecule has 4 N–H and O–H groups in total. The van der Waals surface area contributed by atoms with E-state index in [2.05, 4.69) is 31.3 Å². The fourth-order valence-electron chi connectivity index (χ4n) is 6.93. The lowest BCUT2D eigenvalue weighted by Gasteiger charge is -2.23. The number of carbonyl (C=O) groups excluding carboxylic acids is 1. The van der Waals surface area contributed by atoms with E-state index in [0.29, 0.717) is 12.8 Å². The third kappa shape index (κ3) is 36.7. The fraction of sp³-hybridized carbons (Fsp3) is 0.932. The fourth-order valence-corrected chi connectivity index (χ4v) is 6.93. The van der Waals surface area contributed by atoms with Crippen LogP contribution in [0.1, 0.15) is 239 Å². The molecule has 5 heteroatoms. The number of amides is 1. The van der Waals surface area contributed by atoms with Gasteiger partial charge in [-0.15, -0.1) is 0 Å². The van der Waals surface area contributed by atoms with Gasteiger partial charge in [0.05, 0.1) is 31.3 Å². The molecule has 1 amide bonds. The molecule has 0 heterocycles. The highest BCUT2D eigenvalue weighted by atomic mass is 16.3. The maximum atomic E-state index is 12.4. The molecule has 0 saturated carbocycles. The minimum atomic E-state index is -0.749. The first kappa shape index (κ1) is 48.1. The quantitative estimate of drug-likeness (QED) is 0.0380. The van der Waals surface area contributed by atoms with Crippen molar-refractivity contribution in [1.29, 1.82) is 0 Å². The van der Waals surface area contributed by atoms with Crippen molar-refractivity contribution in [1.82, 2.24) is 5.32 Å². The number of aliphatic hydroxyl groups is 3. The second-order valence-electron chi connectivity index (χ2n) is 15.3. The summed E-state index contributed by atoms with van der Waals surface area (Å²) in [5.41, 5.74) is 0. The molecular formula is C44H87NO4. The first-order valence-electron chi connectivity index (χ1n) is 22.0. The molecule has 0 aliphatic rings. The Hall–Kier alpha value is -0.910. The normalized spacial score (nSPS) is 13.7. The smallest absolute Gasteiger partial charge is 0.222 e. The Morgan fingerprint density at radius 1 is 0.490 bits per heavy atom. The molecule has 0 aromatic heterocycles. The molecule has 0 aromatic carbocycles. The number of carbonyl (C=O) groups is 1. The number of hydrogen-bond donors (Lipinski definition) is 4. The molecule has 0 radical (unpaired) electrons. The summed E-state index contributed by atoms with van der Waals surface area (Å²) < 4.78 is 0. The Labute approximate surface area is 306 Å². The zero-order valence-corrected chi connectivity index (χ0v) is 33.1. The zero-order valence-electron chi connectivity index (χ0n) is 33.1. The van der Waals surface area contributed by atoms with Crippen LogP contribution in [0.5, 0.6) is 0 Å².